The summed E-state index contributed by atoms with van der Waals surface area (Å²) < 4.78 is 12.4. The molecule has 0 amide bonds. The number of nitrogens with two attached hydrogens (primary N) is 1. The van der Waals surface area contributed by atoms with Gasteiger partial charge in [-0.25, -0.2) is 4.98 Å². The number of nitrogen functional groups attached to an aromatic ring is 1. The van der Waals surface area contributed by atoms with Crippen LogP contribution in [-0.4, -0.2) is 17.1 Å². The highest BCUT2D eigenvalue weighted by Crippen LogP contribution is 2.29. The Labute approximate surface area is 172 Å². The van der Waals surface area contributed by atoms with Crippen LogP contribution in [0.2, 0.25) is 0 Å². The number of aromatic nitrogens is 2. The van der Waals surface area contributed by atoms with Gasteiger partial charge in [0.25, 0.3) is 0 Å². The van der Waals surface area contributed by atoms with E-state index in [2.05, 4.69) is 37.9 Å². The maximum atomic E-state index is 5.99. The molecule has 1 aromatic carbocycles. The number of benzene rings is 1. The second-order valence-electron chi connectivity index (χ2n) is 6.03. The first kappa shape index (κ1) is 19.2. The average Bonchev–Trinajstić information content (AvgIpc) is 2.67. The monoisotopic (exact) mass is 476 g/mol. The van der Waals surface area contributed by atoms with Crippen molar-refractivity contribution < 1.29 is 9.47 Å². The molecule has 7 heteroatoms. The van der Waals surface area contributed by atoms with E-state index in [-0.39, 0.29) is 0 Å². The van der Waals surface area contributed by atoms with Crippen LogP contribution in [-0.2, 0) is 13.2 Å². The summed E-state index contributed by atoms with van der Waals surface area (Å²) in [6.07, 6.45) is 3.59. The molecule has 0 saturated heterocycles. The fourth-order valence-corrected chi connectivity index (χ4v) is 2.95. The zero-order chi connectivity index (χ0) is 19.2. The van der Waals surface area contributed by atoms with Gasteiger partial charge in [0.05, 0.1) is 12.8 Å². The number of nitrogens with one attached hydrogen (secondary N) is 1. The zero-order valence-corrected chi connectivity index (χ0v) is 17.4. The lowest BCUT2D eigenvalue weighted by molar-refractivity contribution is 0.284. The highest BCUT2D eigenvalue weighted by Gasteiger charge is 2.08. The molecule has 0 bridgehead atoms. The molecule has 2 heterocycles. The first-order valence-electron chi connectivity index (χ1n) is 8.41. The number of pyridine rings is 2. The van der Waals surface area contributed by atoms with Gasteiger partial charge in [0.2, 0.25) is 0 Å². The number of ether oxygens (including phenoxy) is 2. The molecule has 0 saturated carbocycles. The van der Waals surface area contributed by atoms with E-state index in [0.29, 0.717) is 36.2 Å². The molecule has 0 unspecified atom stereocenters. The Bertz CT molecular complexity index is 916. The van der Waals surface area contributed by atoms with Gasteiger partial charge in [-0.1, -0.05) is 12.1 Å². The van der Waals surface area contributed by atoms with Crippen LogP contribution in [0.1, 0.15) is 16.8 Å². The highest BCUT2D eigenvalue weighted by molar-refractivity contribution is 14.1. The van der Waals surface area contributed by atoms with E-state index in [9.17, 15) is 0 Å². The van der Waals surface area contributed by atoms with Crippen molar-refractivity contribution in [1.29, 1.82) is 0 Å². The molecule has 0 aliphatic carbocycles. The molecular formula is C20H21IN4O2. The summed E-state index contributed by atoms with van der Waals surface area (Å²) in [6.45, 7) is 2.97. The number of halogens is 1. The van der Waals surface area contributed by atoms with Gasteiger partial charge in [-0.2, -0.15) is 0 Å². The molecule has 3 N–H and O–H groups in total. The van der Waals surface area contributed by atoms with Crippen LogP contribution in [0.15, 0.2) is 48.8 Å². The molecule has 3 rings (SSSR count). The largest absolute Gasteiger partial charge is 0.493 e. The zero-order valence-electron chi connectivity index (χ0n) is 15.2. The maximum absolute atomic E-state index is 5.99. The van der Waals surface area contributed by atoms with Crippen molar-refractivity contribution in [3.63, 3.8) is 0 Å². The standard InChI is InChI=1S/C20H21IN4O2/c1-13-3-4-15(10-23-13)12-27-18-6-5-14(7-19(18)26-2)9-24-20-17(22)8-16(21)11-25-20/h3-8,10-11H,9,12,22H2,1-2H3,(H,24,25). The molecule has 0 fully saturated rings. The lowest BCUT2D eigenvalue weighted by Gasteiger charge is -2.13. The number of anilines is 2. The molecule has 140 valence electrons. The van der Waals surface area contributed by atoms with Crippen LogP contribution in [0, 0.1) is 10.5 Å². The molecular weight excluding hydrogens is 455 g/mol. The minimum atomic E-state index is 0.435. The van der Waals surface area contributed by atoms with E-state index in [4.69, 9.17) is 15.2 Å². The SMILES string of the molecule is COc1cc(CNc2ncc(I)cc2N)ccc1OCc1ccc(C)nc1. The summed E-state index contributed by atoms with van der Waals surface area (Å²) in [6, 6.07) is 11.7. The van der Waals surface area contributed by atoms with Gasteiger partial charge in [-0.05, 0) is 59.3 Å². The van der Waals surface area contributed by atoms with Gasteiger partial charge >= 0.3 is 0 Å². The van der Waals surface area contributed by atoms with E-state index in [0.717, 1.165) is 20.4 Å². The number of aryl methyl sites for hydroxylation is 1. The van der Waals surface area contributed by atoms with Crippen LogP contribution in [0.4, 0.5) is 11.5 Å². The van der Waals surface area contributed by atoms with Crippen LogP contribution < -0.4 is 20.5 Å². The third-order valence-electron chi connectivity index (χ3n) is 3.94. The summed E-state index contributed by atoms with van der Waals surface area (Å²) in [7, 11) is 1.63. The van der Waals surface area contributed by atoms with E-state index in [1.54, 1.807) is 13.3 Å². The number of nitrogens with zero attached hydrogens (tertiary/aromatic N) is 2. The minimum absolute atomic E-state index is 0.435. The van der Waals surface area contributed by atoms with Crippen LogP contribution >= 0.6 is 22.6 Å². The average molecular weight is 476 g/mol. The van der Waals surface area contributed by atoms with Gasteiger partial charge in [0.1, 0.15) is 12.4 Å². The van der Waals surface area contributed by atoms with Crippen LogP contribution in [0.3, 0.4) is 0 Å². The van der Waals surface area contributed by atoms with Gasteiger partial charge in [-0.15, -0.1) is 0 Å². The quantitative estimate of drug-likeness (QED) is 0.499. The van der Waals surface area contributed by atoms with E-state index >= 15 is 0 Å². The van der Waals surface area contributed by atoms with Gasteiger partial charge in [-0.3, -0.25) is 4.98 Å². The van der Waals surface area contributed by atoms with Crippen molar-refractivity contribution in [3.8, 4) is 11.5 Å². The first-order valence-corrected chi connectivity index (χ1v) is 9.49. The second kappa shape index (κ2) is 8.90. The molecule has 3 aromatic rings. The summed E-state index contributed by atoms with van der Waals surface area (Å²) in [5.41, 5.74) is 9.64. The Morgan fingerprint density at radius 3 is 2.56 bits per heavy atom. The summed E-state index contributed by atoms with van der Waals surface area (Å²) >= 11 is 2.18. The number of hydrogen-bond acceptors (Lipinski definition) is 6. The van der Waals surface area contributed by atoms with Gasteiger partial charge < -0.3 is 20.5 Å². The minimum Gasteiger partial charge on any atom is -0.493 e. The molecule has 6 nitrogen and oxygen atoms in total. The van der Waals surface area contributed by atoms with Crippen molar-refractivity contribution in [2.45, 2.75) is 20.1 Å². The fourth-order valence-electron chi connectivity index (χ4n) is 2.47. The predicted octanol–water partition coefficient (Wildman–Crippen LogP) is 4.17. The molecule has 0 aliphatic heterocycles. The lowest BCUT2D eigenvalue weighted by Crippen LogP contribution is -2.05. The third-order valence-corrected chi connectivity index (χ3v) is 4.53. The summed E-state index contributed by atoms with van der Waals surface area (Å²) in [5.74, 6) is 2.04. The molecule has 27 heavy (non-hydrogen) atoms. The van der Waals surface area contributed by atoms with Crippen LogP contribution in [0.5, 0.6) is 11.5 Å². The van der Waals surface area contributed by atoms with Gasteiger partial charge in [0.15, 0.2) is 11.5 Å². The molecule has 0 atom stereocenters. The highest BCUT2D eigenvalue weighted by atomic mass is 127. The van der Waals surface area contributed by atoms with E-state index < -0.39 is 0 Å². The number of hydrogen-bond donors (Lipinski definition) is 2. The van der Waals surface area contributed by atoms with E-state index in [1.807, 2.05) is 49.5 Å². The first-order chi connectivity index (χ1) is 13.0. The summed E-state index contributed by atoms with van der Waals surface area (Å²) in [4.78, 5) is 8.59. The Morgan fingerprint density at radius 1 is 1.04 bits per heavy atom. The normalized spacial score (nSPS) is 10.5. The number of methoxy groups -OCH3 is 1. The Kier molecular flexibility index (Phi) is 6.33. The molecule has 0 radical (unpaired) electrons. The topological polar surface area (TPSA) is 82.3 Å². The Morgan fingerprint density at radius 2 is 1.85 bits per heavy atom. The van der Waals surface area contributed by atoms with Crippen molar-refractivity contribution >= 4 is 34.1 Å². The maximum Gasteiger partial charge on any atom is 0.161 e. The summed E-state index contributed by atoms with van der Waals surface area (Å²) in [5, 5.41) is 3.25. The molecule has 0 aliphatic rings. The lowest BCUT2D eigenvalue weighted by atomic mass is 10.2. The van der Waals surface area contributed by atoms with Crippen molar-refractivity contribution in [2.24, 2.45) is 0 Å². The smallest absolute Gasteiger partial charge is 0.161 e. The third kappa shape index (κ3) is 5.22. The number of rotatable bonds is 7. The fraction of sp³-hybridized carbons (Fsp3) is 0.200. The molecule has 2 aromatic heterocycles. The van der Waals surface area contributed by atoms with Crippen molar-refractivity contribution in [2.75, 3.05) is 18.2 Å². The Balaban J connectivity index is 1.65. The molecule has 0 spiro atoms. The second-order valence-corrected chi connectivity index (χ2v) is 7.27. The van der Waals surface area contributed by atoms with Crippen molar-refractivity contribution in [1.82, 2.24) is 9.97 Å². The van der Waals surface area contributed by atoms with Gasteiger partial charge in [0, 0.05) is 33.8 Å². The predicted molar refractivity (Wildman–Crippen MR) is 115 cm³/mol. The van der Waals surface area contributed by atoms with E-state index in [1.165, 1.54) is 0 Å². The van der Waals surface area contributed by atoms with Crippen LogP contribution in [0.25, 0.3) is 0 Å². The van der Waals surface area contributed by atoms with Crippen molar-refractivity contribution in [3.05, 3.63) is 69.2 Å². The Hall–Kier alpha value is -2.55.